The number of morpholine rings is 1. The molecule has 0 aliphatic carbocycles. The van der Waals surface area contributed by atoms with E-state index in [1.165, 1.54) is 25.7 Å². The minimum atomic E-state index is 0. The molecule has 6 heteroatoms. The third-order valence-electron chi connectivity index (χ3n) is 4.38. The van der Waals surface area contributed by atoms with E-state index in [2.05, 4.69) is 29.0 Å². The van der Waals surface area contributed by atoms with Crippen molar-refractivity contribution in [3.8, 4) is 0 Å². The highest BCUT2D eigenvalue weighted by atomic mass is 127. The second-order valence-corrected chi connectivity index (χ2v) is 5.98. The Morgan fingerprint density at radius 1 is 1.18 bits per heavy atom. The summed E-state index contributed by atoms with van der Waals surface area (Å²) >= 11 is 0. The van der Waals surface area contributed by atoms with Crippen molar-refractivity contribution in [1.82, 2.24) is 15.1 Å². The Morgan fingerprint density at radius 2 is 1.95 bits per heavy atom. The Hall–Kier alpha value is -0.0800. The maximum Gasteiger partial charge on any atom is 0.193 e. The third-order valence-corrected chi connectivity index (χ3v) is 4.38. The molecule has 2 heterocycles. The number of ether oxygens (including phenoxy) is 1. The standard InChI is InChI=1S/C16H32N4O.HI/c1-3-5-6-8-18-16(17-4-2)20-9-7-15(14-20)19-10-12-21-13-11-19;/h15H,3-14H2,1-2H3,(H,17,18);1H. The second-order valence-electron chi connectivity index (χ2n) is 5.98. The van der Waals surface area contributed by atoms with E-state index < -0.39 is 0 Å². The zero-order valence-corrected chi connectivity index (χ0v) is 16.6. The van der Waals surface area contributed by atoms with Gasteiger partial charge in [0.1, 0.15) is 0 Å². The van der Waals surface area contributed by atoms with Gasteiger partial charge in [-0.2, -0.15) is 0 Å². The van der Waals surface area contributed by atoms with Gasteiger partial charge in [0.15, 0.2) is 5.96 Å². The van der Waals surface area contributed by atoms with Crippen molar-refractivity contribution in [1.29, 1.82) is 0 Å². The fourth-order valence-electron chi connectivity index (χ4n) is 3.15. The van der Waals surface area contributed by atoms with Crippen LogP contribution in [-0.4, -0.2) is 74.3 Å². The Balaban J connectivity index is 0.00000242. The van der Waals surface area contributed by atoms with Crippen LogP contribution in [0.3, 0.4) is 0 Å². The van der Waals surface area contributed by atoms with Gasteiger partial charge in [-0.1, -0.05) is 19.8 Å². The maximum atomic E-state index is 5.46. The number of aliphatic imine (C=N–C) groups is 1. The summed E-state index contributed by atoms with van der Waals surface area (Å²) in [6.45, 7) is 12.5. The van der Waals surface area contributed by atoms with Gasteiger partial charge in [0, 0.05) is 45.3 Å². The van der Waals surface area contributed by atoms with Gasteiger partial charge in [-0.05, 0) is 19.8 Å². The molecule has 0 amide bonds. The first-order chi connectivity index (χ1) is 10.3. The van der Waals surface area contributed by atoms with E-state index in [4.69, 9.17) is 9.73 Å². The minimum absolute atomic E-state index is 0. The SMILES string of the molecule is CCCCCN=C(NCC)N1CCC(N2CCOCC2)C1.I. The lowest BCUT2D eigenvalue weighted by molar-refractivity contribution is 0.0195. The predicted octanol–water partition coefficient (Wildman–Crippen LogP) is 2.17. The highest BCUT2D eigenvalue weighted by Gasteiger charge is 2.30. The van der Waals surface area contributed by atoms with Crippen molar-refractivity contribution < 1.29 is 4.74 Å². The molecule has 0 bridgehead atoms. The summed E-state index contributed by atoms with van der Waals surface area (Å²) in [6.07, 6.45) is 4.99. The highest BCUT2D eigenvalue weighted by molar-refractivity contribution is 14.0. The molecule has 0 saturated carbocycles. The van der Waals surface area contributed by atoms with Gasteiger partial charge in [0.25, 0.3) is 0 Å². The molecule has 0 radical (unpaired) electrons. The summed E-state index contributed by atoms with van der Waals surface area (Å²) in [7, 11) is 0. The first-order valence-corrected chi connectivity index (χ1v) is 8.70. The number of hydrogen-bond acceptors (Lipinski definition) is 3. The van der Waals surface area contributed by atoms with E-state index in [0.717, 1.165) is 58.4 Å². The Labute approximate surface area is 152 Å². The molecule has 2 rings (SSSR count). The Morgan fingerprint density at radius 3 is 2.64 bits per heavy atom. The van der Waals surface area contributed by atoms with Crippen LogP contribution in [0, 0.1) is 0 Å². The van der Waals surface area contributed by atoms with Gasteiger partial charge in [0.2, 0.25) is 0 Å². The summed E-state index contributed by atoms with van der Waals surface area (Å²) in [5.41, 5.74) is 0. The molecule has 2 aliphatic heterocycles. The number of rotatable bonds is 6. The van der Waals surface area contributed by atoms with Gasteiger partial charge >= 0.3 is 0 Å². The summed E-state index contributed by atoms with van der Waals surface area (Å²) in [4.78, 5) is 9.83. The van der Waals surface area contributed by atoms with Crippen molar-refractivity contribution in [3.63, 3.8) is 0 Å². The number of hydrogen-bond donors (Lipinski definition) is 1. The van der Waals surface area contributed by atoms with E-state index in [-0.39, 0.29) is 24.0 Å². The first kappa shape index (κ1) is 20.0. The fourth-order valence-corrected chi connectivity index (χ4v) is 3.15. The average molecular weight is 424 g/mol. The second kappa shape index (κ2) is 11.5. The van der Waals surface area contributed by atoms with Crippen molar-refractivity contribution in [2.75, 3.05) is 52.5 Å². The molecule has 1 atom stereocenters. The Kier molecular flexibility index (Phi) is 10.4. The summed E-state index contributed by atoms with van der Waals surface area (Å²) in [5.74, 6) is 1.12. The molecule has 2 aliphatic rings. The van der Waals surface area contributed by atoms with Crippen LogP contribution < -0.4 is 5.32 Å². The number of guanidine groups is 1. The number of likely N-dealkylation sites (tertiary alicyclic amines) is 1. The number of halogens is 1. The zero-order valence-electron chi connectivity index (χ0n) is 14.2. The number of nitrogens with one attached hydrogen (secondary N) is 1. The summed E-state index contributed by atoms with van der Waals surface area (Å²) in [5, 5.41) is 3.46. The molecule has 2 fully saturated rings. The molecule has 130 valence electrons. The predicted molar refractivity (Wildman–Crippen MR) is 103 cm³/mol. The molecule has 5 nitrogen and oxygen atoms in total. The van der Waals surface area contributed by atoms with Crippen LogP contribution >= 0.6 is 24.0 Å². The van der Waals surface area contributed by atoms with Crippen LogP contribution in [0.2, 0.25) is 0 Å². The molecule has 22 heavy (non-hydrogen) atoms. The molecule has 2 saturated heterocycles. The molecule has 1 N–H and O–H groups in total. The monoisotopic (exact) mass is 424 g/mol. The molecule has 1 unspecified atom stereocenters. The van der Waals surface area contributed by atoms with E-state index in [9.17, 15) is 0 Å². The number of nitrogens with zero attached hydrogens (tertiary/aromatic N) is 3. The lowest BCUT2D eigenvalue weighted by atomic mass is 10.2. The maximum absolute atomic E-state index is 5.46. The minimum Gasteiger partial charge on any atom is -0.379 e. The zero-order chi connectivity index (χ0) is 14.9. The van der Waals surface area contributed by atoms with Crippen LogP contribution in [0.15, 0.2) is 4.99 Å². The van der Waals surface area contributed by atoms with Crippen LogP contribution in [0.5, 0.6) is 0 Å². The van der Waals surface area contributed by atoms with Crippen LogP contribution in [-0.2, 0) is 4.74 Å². The molecular weight excluding hydrogens is 391 g/mol. The lowest BCUT2D eigenvalue weighted by Gasteiger charge is -2.32. The molecule has 0 spiro atoms. The normalized spacial score (nSPS) is 23.5. The summed E-state index contributed by atoms with van der Waals surface area (Å²) < 4.78 is 5.46. The largest absolute Gasteiger partial charge is 0.379 e. The van der Waals surface area contributed by atoms with Gasteiger partial charge in [-0.3, -0.25) is 9.89 Å². The van der Waals surface area contributed by atoms with Gasteiger partial charge in [-0.25, -0.2) is 0 Å². The fraction of sp³-hybridized carbons (Fsp3) is 0.938. The van der Waals surface area contributed by atoms with Crippen molar-refractivity contribution in [2.45, 2.75) is 45.6 Å². The molecule has 0 aromatic rings. The number of unbranched alkanes of at least 4 members (excludes halogenated alkanes) is 2. The lowest BCUT2D eigenvalue weighted by Crippen LogP contribution is -2.46. The van der Waals surface area contributed by atoms with Crippen LogP contribution in [0.1, 0.15) is 39.5 Å². The first-order valence-electron chi connectivity index (χ1n) is 8.70. The quantitative estimate of drug-likeness (QED) is 0.307. The van der Waals surface area contributed by atoms with Crippen molar-refractivity contribution in [3.05, 3.63) is 0 Å². The smallest absolute Gasteiger partial charge is 0.193 e. The topological polar surface area (TPSA) is 40.1 Å². The van der Waals surface area contributed by atoms with E-state index in [0.29, 0.717) is 6.04 Å². The summed E-state index contributed by atoms with van der Waals surface area (Å²) in [6, 6.07) is 0.674. The van der Waals surface area contributed by atoms with Gasteiger partial charge in [0.05, 0.1) is 13.2 Å². The Bertz CT molecular complexity index is 321. The van der Waals surface area contributed by atoms with Gasteiger partial charge < -0.3 is 15.0 Å². The van der Waals surface area contributed by atoms with Crippen LogP contribution in [0.25, 0.3) is 0 Å². The van der Waals surface area contributed by atoms with E-state index in [1.54, 1.807) is 0 Å². The molecule has 0 aromatic heterocycles. The van der Waals surface area contributed by atoms with Crippen molar-refractivity contribution >= 4 is 29.9 Å². The molecular formula is C16H33IN4O. The third kappa shape index (κ3) is 6.20. The van der Waals surface area contributed by atoms with E-state index in [1.807, 2.05) is 0 Å². The van der Waals surface area contributed by atoms with Crippen LogP contribution in [0.4, 0.5) is 0 Å². The van der Waals surface area contributed by atoms with Gasteiger partial charge in [-0.15, -0.1) is 24.0 Å². The van der Waals surface area contributed by atoms with Crippen molar-refractivity contribution in [2.24, 2.45) is 4.99 Å². The molecule has 0 aromatic carbocycles. The highest BCUT2D eigenvalue weighted by Crippen LogP contribution is 2.17. The van der Waals surface area contributed by atoms with E-state index >= 15 is 0 Å². The average Bonchev–Trinajstić information content (AvgIpc) is 3.01.